The SMILES string of the molecule is COC(=O)c1c(C2SCCC(=O)N2CCSCc2ccc(CN(C)C)o2)c(C)n(C)c1C. The molecule has 32 heavy (non-hydrogen) atoms. The molecule has 0 radical (unpaired) electrons. The summed E-state index contributed by atoms with van der Waals surface area (Å²) in [6.45, 7) is 5.33. The Labute approximate surface area is 198 Å². The molecule has 0 N–H and O–H groups in total. The van der Waals surface area contributed by atoms with Crippen molar-refractivity contribution in [2.45, 2.75) is 37.9 Å². The first-order valence-electron chi connectivity index (χ1n) is 10.7. The molecular weight excluding hydrogens is 446 g/mol. The number of rotatable bonds is 9. The van der Waals surface area contributed by atoms with Crippen molar-refractivity contribution in [1.82, 2.24) is 14.4 Å². The third-order valence-electron chi connectivity index (χ3n) is 5.77. The van der Waals surface area contributed by atoms with Crippen molar-refractivity contribution in [3.8, 4) is 0 Å². The third kappa shape index (κ3) is 5.38. The molecule has 1 aliphatic heterocycles. The van der Waals surface area contributed by atoms with Crippen LogP contribution in [0.3, 0.4) is 0 Å². The Morgan fingerprint density at radius 2 is 2.00 bits per heavy atom. The van der Waals surface area contributed by atoms with Crippen molar-refractivity contribution in [3.63, 3.8) is 0 Å². The molecule has 0 spiro atoms. The average Bonchev–Trinajstić information content (AvgIpc) is 3.28. The molecule has 1 saturated heterocycles. The van der Waals surface area contributed by atoms with Crippen molar-refractivity contribution in [1.29, 1.82) is 0 Å². The second kappa shape index (κ2) is 10.9. The molecule has 2 aromatic rings. The van der Waals surface area contributed by atoms with E-state index in [9.17, 15) is 9.59 Å². The number of ether oxygens (including phenoxy) is 1. The Morgan fingerprint density at radius 1 is 1.28 bits per heavy atom. The van der Waals surface area contributed by atoms with Gasteiger partial charge in [-0.15, -0.1) is 11.8 Å². The first kappa shape index (κ1) is 24.8. The number of amides is 1. The highest BCUT2D eigenvalue weighted by Crippen LogP contribution is 2.42. The van der Waals surface area contributed by atoms with Crippen molar-refractivity contribution < 1.29 is 18.7 Å². The number of furan rings is 1. The summed E-state index contributed by atoms with van der Waals surface area (Å²) in [5.41, 5.74) is 3.35. The Kier molecular flexibility index (Phi) is 8.41. The summed E-state index contributed by atoms with van der Waals surface area (Å²) >= 11 is 3.47. The van der Waals surface area contributed by atoms with Gasteiger partial charge in [-0.25, -0.2) is 4.79 Å². The zero-order valence-electron chi connectivity index (χ0n) is 19.8. The van der Waals surface area contributed by atoms with Crippen LogP contribution in [-0.2, 0) is 28.9 Å². The summed E-state index contributed by atoms with van der Waals surface area (Å²) < 4.78 is 13.0. The molecule has 2 aromatic heterocycles. The molecular formula is C23H33N3O4S2. The van der Waals surface area contributed by atoms with Gasteiger partial charge in [0.05, 0.1) is 25.0 Å². The largest absolute Gasteiger partial charge is 0.465 e. The molecule has 1 amide bonds. The topological polar surface area (TPSA) is 67.9 Å². The highest BCUT2D eigenvalue weighted by atomic mass is 32.2. The van der Waals surface area contributed by atoms with E-state index in [2.05, 4.69) is 4.90 Å². The van der Waals surface area contributed by atoms with Crippen LogP contribution in [0.5, 0.6) is 0 Å². The molecule has 0 aromatic carbocycles. The van der Waals surface area contributed by atoms with Crippen molar-refractivity contribution in [2.75, 3.05) is 39.3 Å². The normalized spacial score (nSPS) is 16.8. The summed E-state index contributed by atoms with van der Waals surface area (Å²) in [6, 6.07) is 4.04. The highest BCUT2D eigenvalue weighted by molar-refractivity contribution is 7.99. The molecule has 1 aliphatic rings. The number of hydrogen-bond donors (Lipinski definition) is 0. The minimum atomic E-state index is -0.347. The van der Waals surface area contributed by atoms with Gasteiger partial charge < -0.3 is 23.5 Å². The number of methoxy groups -OCH3 is 1. The maximum atomic E-state index is 12.9. The van der Waals surface area contributed by atoms with Gasteiger partial charge in [0, 0.05) is 48.5 Å². The van der Waals surface area contributed by atoms with Gasteiger partial charge in [0.15, 0.2) is 0 Å². The van der Waals surface area contributed by atoms with Crippen LogP contribution in [0, 0.1) is 13.8 Å². The number of nitrogens with zero attached hydrogens (tertiary/aromatic N) is 3. The molecule has 7 nitrogen and oxygen atoms in total. The number of aromatic nitrogens is 1. The quantitative estimate of drug-likeness (QED) is 0.398. The predicted molar refractivity (Wildman–Crippen MR) is 130 cm³/mol. The Morgan fingerprint density at radius 3 is 2.69 bits per heavy atom. The van der Waals surface area contributed by atoms with E-state index in [1.807, 2.05) is 56.6 Å². The van der Waals surface area contributed by atoms with Crippen LogP contribution in [-0.4, -0.2) is 65.5 Å². The maximum absolute atomic E-state index is 12.9. The van der Waals surface area contributed by atoms with Crippen LogP contribution < -0.4 is 0 Å². The smallest absolute Gasteiger partial charge is 0.340 e. The van der Waals surface area contributed by atoms with E-state index >= 15 is 0 Å². The predicted octanol–water partition coefficient (Wildman–Crippen LogP) is 3.98. The minimum Gasteiger partial charge on any atom is -0.465 e. The van der Waals surface area contributed by atoms with Crippen LogP contribution >= 0.6 is 23.5 Å². The molecule has 1 atom stereocenters. The van der Waals surface area contributed by atoms with Gasteiger partial charge >= 0.3 is 5.97 Å². The molecule has 3 heterocycles. The van der Waals surface area contributed by atoms with Gasteiger partial charge in [0.2, 0.25) is 5.91 Å². The zero-order chi connectivity index (χ0) is 23.4. The van der Waals surface area contributed by atoms with Crippen molar-refractivity contribution in [2.24, 2.45) is 7.05 Å². The Hall–Kier alpha value is -1.84. The van der Waals surface area contributed by atoms with Crippen LogP contribution in [0.4, 0.5) is 0 Å². The average molecular weight is 480 g/mol. The summed E-state index contributed by atoms with van der Waals surface area (Å²) in [5.74, 6) is 4.01. The first-order chi connectivity index (χ1) is 15.2. The van der Waals surface area contributed by atoms with E-state index < -0.39 is 0 Å². The van der Waals surface area contributed by atoms with Crippen LogP contribution in [0.25, 0.3) is 0 Å². The molecule has 0 bridgehead atoms. The second-order valence-electron chi connectivity index (χ2n) is 8.23. The number of esters is 1. The molecule has 9 heteroatoms. The fourth-order valence-corrected chi connectivity index (χ4v) is 6.17. The minimum absolute atomic E-state index is 0.136. The maximum Gasteiger partial charge on any atom is 0.340 e. The Bertz CT molecular complexity index is 967. The first-order valence-corrected chi connectivity index (χ1v) is 12.9. The second-order valence-corrected chi connectivity index (χ2v) is 10.5. The summed E-state index contributed by atoms with van der Waals surface area (Å²) in [4.78, 5) is 29.4. The number of carbonyl (C=O) groups excluding carboxylic acids is 2. The van der Waals surface area contributed by atoms with E-state index in [4.69, 9.17) is 9.15 Å². The fraction of sp³-hybridized carbons (Fsp3) is 0.565. The monoisotopic (exact) mass is 479 g/mol. The van der Waals surface area contributed by atoms with E-state index in [0.29, 0.717) is 18.5 Å². The fourth-order valence-electron chi connectivity index (χ4n) is 3.97. The highest BCUT2D eigenvalue weighted by Gasteiger charge is 2.36. The zero-order valence-corrected chi connectivity index (χ0v) is 21.4. The molecule has 0 aliphatic carbocycles. The van der Waals surface area contributed by atoms with Gasteiger partial charge in [0.25, 0.3) is 0 Å². The van der Waals surface area contributed by atoms with E-state index in [1.165, 1.54) is 7.11 Å². The van der Waals surface area contributed by atoms with Gasteiger partial charge in [-0.3, -0.25) is 4.79 Å². The number of hydrogen-bond acceptors (Lipinski definition) is 7. The molecule has 1 unspecified atom stereocenters. The molecule has 3 rings (SSSR count). The van der Waals surface area contributed by atoms with Gasteiger partial charge in [-0.2, -0.15) is 11.8 Å². The lowest BCUT2D eigenvalue weighted by Gasteiger charge is -2.36. The van der Waals surface area contributed by atoms with Crippen LogP contribution in [0.2, 0.25) is 0 Å². The van der Waals surface area contributed by atoms with Gasteiger partial charge in [0.1, 0.15) is 16.9 Å². The molecule has 176 valence electrons. The molecule has 1 fully saturated rings. The van der Waals surface area contributed by atoms with E-state index in [-0.39, 0.29) is 17.3 Å². The lowest BCUT2D eigenvalue weighted by Crippen LogP contribution is -2.39. The lowest BCUT2D eigenvalue weighted by molar-refractivity contribution is -0.131. The van der Waals surface area contributed by atoms with Crippen molar-refractivity contribution >= 4 is 35.4 Å². The summed E-state index contributed by atoms with van der Waals surface area (Å²) in [7, 11) is 7.38. The third-order valence-corrected chi connectivity index (χ3v) is 7.97. The van der Waals surface area contributed by atoms with E-state index in [0.717, 1.165) is 52.3 Å². The summed E-state index contributed by atoms with van der Waals surface area (Å²) in [5, 5.41) is -0.179. The molecule has 0 saturated carbocycles. The standard InChI is InChI=1S/C23H33N3O4S2/c1-15-20(21(23(28)29-6)16(2)25(15)5)22-26(19(27)9-11-32-22)10-12-31-14-18-8-7-17(30-18)13-24(3)4/h7-8,22H,9-14H2,1-6H3. The van der Waals surface area contributed by atoms with Crippen LogP contribution in [0.1, 0.15) is 50.6 Å². The summed E-state index contributed by atoms with van der Waals surface area (Å²) in [6.07, 6.45) is 0.524. The lowest BCUT2D eigenvalue weighted by atomic mass is 10.1. The van der Waals surface area contributed by atoms with Crippen molar-refractivity contribution in [3.05, 3.63) is 46.2 Å². The van der Waals surface area contributed by atoms with Gasteiger partial charge in [-0.05, 0) is 40.1 Å². The Balaban J connectivity index is 1.70. The van der Waals surface area contributed by atoms with E-state index in [1.54, 1.807) is 23.5 Å². The van der Waals surface area contributed by atoms with Crippen LogP contribution in [0.15, 0.2) is 16.5 Å². The van der Waals surface area contributed by atoms with Gasteiger partial charge in [-0.1, -0.05) is 0 Å². The number of carbonyl (C=O) groups is 2. The number of thioether (sulfide) groups is 2.